The van der Waals surface area contributed by atoms with Crippen molar-refractivity contribution in [1.29, 1.82) is 0 Å². The van der Waals surface area contributed by atoms with E-state index in [1.807, 2.05) is 42.6 Å². The Morgan fingerprint density at radius 2 is 1.76 bits per heavy atom. The summed E-state index contributed by atoms with van der Waals surface area (Å²) in [5.41, 5.74) is 2.73. The summed E-state index contributed by atoms with van der Waals surface area (Å²) >= 11 is 6.16. The van der Waals surface area contributed by atoms with Gasteiger partial charge in [0.1, 0.15) is 5.82 Å². The minimum Gasteiger partial charge on any atom is -0.322 e. The highest BCUT2D eigenvalue weighted by molar-refractivity contribution is 9.10. The molecule has 34 heavy (non-hydrogen) atoms. The number of nitrogens with zero attached hydrogens (tertiary/aromatic N) is 1. The number of aromatic nitrogens is 1. The largest absolute Gasteiger partial charge is 0.322 e. The molecule has 1 atom stereocenters. The quantitative estimate of drug-likeness (QED) is 0.239. The summed E-state index contributed by atoms with van der Waals surface area (Å²) in [5.74, 6) is -0.898. The second kappa shape index (κ2) is 10.9. The maximum atomic E-state index is 13.1. The highest BCUT2D eigenvalue weighted by Crippen LogP contribution is 2.29. The lowest BCUT2D eigenvalue weighted by Gasteiger charge is -2.12. The molecule has 0 aliphatic heterocycles. The molecule has 2 N–H and O–H groups in total. The third kappa shape index (κ3) is 6.31. The maximum Gasteiger partial charge on any atom is 0.255 e. The molecule has 0 fully saturated rings. The second-order valence-electron chi connectivity index (χ2n) is 7.28. The van der Waals surface area contributed by atoms with Crippen molar-refractivity contribution in [2.24, 2.45) is 0 Å². The van der Waals surface area contributed by atoms with E-state index in [0.29, 0.717) is 16.4 Å². The molecule has 4 rings (SSSR count). The number of thioether (sulfide) groups is 1. The number of carbonyl (C=O) groups excluding carboxylic acids is 2. The van der Waals surface area contributed by atoms with Gasteiger partial charge in [-0.1, -0.05) is 34.1 Å². The lowest BCUT2D eigenvalue weighted by atomic mass is 10.2. The van der Waals surface area contributed by atoms with Gasteiger partial charge in [-0.3, -0.25) is 9.59 Å². The molecule has 2 amide bonds. The first-order valence-electron chi connectivity index (χ1n) is 10.2. The van der Waals surface area contributed by atoms with Crippen molar-refractivity contribution in [2.75, 3.05) is 10.6 Å². The number of hydrogen-bond donors (Lipinski definition) is 2. The predicted molar refractivity (Wildman–Crippen MR) is 140 cm³/mol. The number of nitrogens with one attached hydrogen (secondary N) is 2. The molecule has 1 unspecified atom stereocenters. The van der Waals surface area contributed by atoms with Crippen LogP contribution in [0, 0.1) is 5.82 Å². The number of thiazole rings is 1. The standard InChI is InChI=1S/C25H19BrFN3O2S2/c1-15(23(31)30-25-29-22(14-33-25)16-5-9-18(26)10-6-16)34-21-4-2-3-20(13-21)28-24(32)17-7-11-19(27)12-8-17/h2-15H,1H3,(H,28,32)(H,29,30,31). The van der Waals surface area contributed by atoms with E-state index in [2.05, 4.69) is 31.5 Å². The zero-order valence-electron chi connectivity index (χ0n) is 17.9. The van der Waals surface area contributed by atoms with Crippen LogP contribution in [0.25, 0.3) is 11.3 Å². The Morgan fingerprint density at radius 3 is 2.50 bits per heavy atom. The van der Waals surface area contributed by atoms with Crippen molar-refractivity contribution in [1.82, 2.24) is 4.98 Å². The fraction of sp³-hybridized carbons (Fsp3) is 0.0800. The average Bonchev–Trinajstić information content (AvgIpc) is 3.28. The molecular weight excluding hydrogens is 537 g/mol. The summed E-state index contributed by atoms with van der Waals surface area (Å²) in [7, 11) is 0. The molecule has 4 aromatic rings. The zero-order chi connectivity index (χ0) is 24.1. The number of carbonyl (C=O) groups is 2. The monoisotopic (exact) mass is 555 g/mol. The van der Waals surface area contributed by atoms with Gasteiger partial charge in [-0.25, -0.2) is 9.37 Å². The van der Waals surface area contributed by atoms with Gasteiger partial charge in [0.25, 0.3) is 5.91 Å². The Bertz CT molecular complexity index is 1310. The van der Waals surface area contributed by atoms with Crippen molar-refractivity contribution in [3.8, 4) is 11.3 Å². The Morgan fingerprint density at radius 1 is 1.03 bits per heavy atom. The van der Waals surface area contributed by atoms with Gasteiger partial charge in [-0.2, -0.15) is 0 Å². The van der Waals surface area contributed by atoms with Gasteiger partial charge >= 0.3 is 0 Å². The molecule has 0 saturated heterocycles. The third-order valence-electron chi connectivity index (χ3n) is 4.75. The fourth-order valence-electron chi connectivity index (χ4n) is 3.00. The molecule has 0 aliphatic rings. The van der Waals surface area contributed by atoms with Crippen molar-refractivity contribution in [3.63, 3.8) is 0 Å². The normalized spacial score (nSPS) is 11.6. The number of rotatable bonds is 7. The first kappa shape index (κ1) is 24.1. The molecule has 1 aromatic heterocycles. The van der Waals surface area contributed by atoms with Crippen LogP contribution in [0.5, 0.6) is 0 Å². The van der Waals surface area contributed by atoms with Gasteiger partial charge < -0.3 is 10.6 Å². The molecule has 0 aliphatic carbocycles. The lowest BCUT2D eigenvalue weighted by molar-refractivity contribution is -0.115. The number of hydrogen-bond acceptors (Lipinski definition) is 5. The molecular formula is C25H19BrFN3O2S2. The Labute approximate surface area is 213 Å². The highest BCUT2D eigenvalue weighted by Gasteiger charge is 2.17. The molecule has 1 heterocycles. The molecule has 3 aromatic carbocycles. The minimum absolute atomic E-state index is 0.164. The Kier molecular flexibility index (Phi) is 7.77. The van der Waals surface area contributed by atoms with Crippen LogP contribution in [0.3, 0.4) is 0 Å². The van der Waals surface area contributed by atoms with Crippen LogP contribution in [0.4, 0.5) is 15.2 Å². The van der Waals surface area contributed by atoms with Gasteiger partial charge in [0.15, 0.2) is 5.13 Å². The SMILES string of the molecule is CC(Sc1cccc(NC(=O)c2ccc(F)cc2)c1)C(=O)Nc1nc(-c2ccc(Br)cc2)cs1. The topological polar surface area (TPSA) is 71.1 Å². The summed E-state index contributed by atoms with van der Waals surface area (Å²) in [5, 5.41) is 7.73. The Balaban J connectivity index is 1.35. The van der Waals surface area contributed by atoms with Crippen molar-refractivity contribution in [3.05, 3.63) is 94.0 Å². The summed E-state index contributed by atoms with van der Waals surface area (Å²) in [6.45, 7) is 1.81. The van der Waals surface area contributed by atoms with E-state index in [-0.39, 0.29) is 17.1 Å². The van der Waals surface area contributed by atoms with Crippen LogP contribution >= 0.6 is 39.0 Å². The Hall–Kier alpha value is -3.01. The van der Waals surface area contributed by atoms with Crippen molar-refractivity contribution < 1.29 is 14.0 Å². The highest BCUT2D eigenvalue weighted by atomic mass is 79.9. The number of anilines is 2. The minimum atomic E-state index is -0.399. The van der Waals surface area contributed by atoms with E-state index >= 15 is 0 Å². The van der Waals surface area contributed by atoms with Gasteiger partial charge in [-0.05, 0) is 61.5 Å². The predicted octanol–water partition coefficient (Wildman–Crippen LogP) is 7.08. The average molecular weight is 556 g/mol. The smallest absolute Gasteiger partial charge is 0.255 e. The molecule has 0 spiro atoms. The van der Waals surface area contributed by atoms with E-state index in [9.17, 15) is 14.0 Å². The summed E-state index contributed by atoms with van der Waals surface area (Å²) in [6, 6.07) is 20.4. The van der Waals surface area contributed by atoms with Gasteiger partial charge in [0.05, 0.1) is 10.9 Å². The van der Waals surface area contributed by atoms with Crippen LogP contribution in [-0.4, -0.2) is 22.0 Å². The number of benzene rings is 3. The molecule has 0 saturated carbocycles. The van der Waals surface area contributed by atoms with E-state index < -0.39 is 5.82 Å². The van der Waals surface area contributed by atoms with Crippen molar-refractivity contribution in [2.45, 2.75) is 17.1 Å². The zero-order valence-corrected chi connectivity index (χ0v) is 21.1. The molecule has 0 radical (unpaired) electrons. The molecule has 0 bridgehead atoms. The van der Waals surface area contributed by atoms with Crippen molar-refractivity contribution >= 4 is 61.7 Å². The lowest BCUT2D eigenvalue weighted by Crippen LogP contribution is -2.22. The summed E-state index contributed by atoms with van der Waals surface area (Å²) in [6.07, 6.45) is 0. The first-order chi connectivity index (χ1) is 16.4. The van der Waals surface area contributed by atoms with E-state index in [4.69, 9.17) is 0 Å². The van der Waals surface area contributed by atoms with Gasteiger partial charge in [0, 0.05) is 31.6 Å². The molecule has 5 nitrogen and oxygen atoms in total. The van der Waals surface area contributed by atoms with Crippen LogP contribution in [-0.2, 0) is 4.79 Å². The van der Waals surface area contributed by atoms with Gasteiger partial charge in [0.2, 0.25) is 5.91 Å². The van der Waals surface area contributed by atoms with Crippen LogP contribution < -0.4 is 10.6 Å². The first-order valence-corrected chi connectivity index (χ1v) is 12.8. The van der Waals surface area contributed by atoms with E-state index in [1.165, 1.54) is 47.4 Å². The number of amides is 2. The third-order valence-corrected chi connectivity index (χ3v) is 7.13. The van der Waals surface area contributed by atoms with Crippen LogP contribution in [0.1, 0.15) is 17.3 Å². The van der Waals surface area contributed by atoms with Crippen LogP contribution in [0.2, 0.25) is 0 Å². The second-order valence-corrected chi connectivity index (χ2v) is 10.5. The van der Waals surface area contributed by atoms with Gasteiger partial charge in [-0.15, -0.1) is 23.1 Å². The van der Waals surface area contributed by atoms with E-state index in [1.54, 1.807) is 18.2 Å². The summed E-state index contributed by atoms with van der Waals surface area (Å²) < 4.78 is 14.1. The molecule has 172 valence electrons. The van der Waals surface area contributed by atoms with E-state index in [0.717, 1.165) is 20.6 Å². The molecule has 9 heteroatoms. The maximum absolute atomic E-state index is 13.1. The van der Waals surface area contributed by atoms with Crippen LogP contribution in [0.15, 0.2) is 87.5 Å². The summed E-state index contributed by atoms with van der Waals surface area (Å²) in [4.78, 5) is 30.4. The fourth-order valence-corrected chi connectivity index (χ4v) is 4.91. The number of halogens is 2.